The monoisotopic (exact) mass is 679 g/mol. The van der Waals surface area contributed by atoms with Gasteiger partial charge in [-0.05, 0) is 68.0 Å². The average molecular weight is 680 g/mol. The maximum absolute atomic E-state index is 13.0. The predicted molar refractivity (Wildman–Crippen MR) is 195 cm³/mol. The number of rotatable bonds is 17. The van der Waals surface area contributed by atoms with E-state index in [9.17, 15) is 24.3 Å². The van der Waals surface area contributed by atoms with Crippen LogP contribution in [0.25, 0.3) is 0 Å². The fourth-order valence-corrected chi connectivity index (χ4v) is 7.29. The van der Waals surface area contributed by atoms with Gasteiger partial charge in [-0.2, -0.15) is 0 Å². The van der Waals surface area contributed by atoms with Gasteiger partial charge in [0.15, 0.2) is 5.78 Å². The molecule has 0 aliphatic heterocycles. The molecule has 1 amide bonds. The van der Waals surface area contributed by atoms with E-state index in [0.29, 0.717) is 42.6 Å². The van der Waals surface area contributed by atoms with E-state index in [0.717, 1.165) is 6.42 Å². The molecule has 0 aliphatic carbocycles. The van der Waals surface area contributed by atoms with Crippen LogP contribution >= 0.6 is 11.8 Å². The molecule has 0 aliphatic rings. The van der Waals surface area contributed by atoms with Crippen molar-refractivity contribution in [3.05, 3.63) is 143 Å². The maximum Gasteiger partial charge on any atom is 0.407 e. The number of unbranched alkanes of at least 4 members (excludes halogenated alkanes) is 2. The van der Waals surface area contributed by atoms with Crippen LogP contribution < -0.4 is 5.32 Å². The van der Waals surface area contributed by atoms with Crippen molar-refractivity contribution in [2.24, 2.45) is 0 Å². The molecular weight excluding hydrogens is 635 g/mol. The summed E-state index contributed by atoms with van der Waals surface area (Å²) >= 11 is 1.78. The lowest BCUT2D eigenvalue weighted by atomic mass is 9.84. The smallest absolute Gasteiger partial charge is 0.407 e. The molecule has 0 heterocycles. The Balaban J connectivity index is 1.29. The van der Waals surface area contributed by atoms with Gasteiger partial charge in [0, 0.05) is 37.1 Å². The zero-order chi connectivity index (χ0) is 35.3. The van der Waals surface area contributed by atoms with Gasteiger partial charge < -0.3 is 15.2 Å². The van der Waals surface area contributed by atoms with Crippen LogP contribution in [-0.4, -0.2) is 40.1 Å². The minimum absolute atomic E-state index is 0.0119. The van der Waals surface area contributed by atoms with Crippen molar-refractivity contribution < 1.29 is 29.0 Å². The molecule has 8 heteroatoms. The lowest BCUT2D eigenvalue weighted by molar-refractivity contribution is -0.118. The second-order valence-electron chi connectivity index (χ2n) is 12.9. The number of Topliss-reactive ketones (excluding diaryl/α,β-unsaturated/α-hetero) is 2. The highest BCUT2D eigenvalue weighted by atomic mass is 32.2. The van der Waals surface area contributed by atoms with E-state index in [4.69, 9.17) is 4.74 Å². The molecule has 0 fully saturated rings. The number of thioether (sulfide) groups is 1. The Morgan fingerprint density at radius 3 is 1.73 bits per heavy atom. The Morgan fingerprint density at radius 1 is 0.694 bits per heavy atom. The van der Waals surface area contributed by atoms with E-state index in [1.807, 2.05) is 18.2 Å². The van der Waals surface area contributed by atoms with Crippen LogP contribution in [-0.2, 0) is 20.8 Å². The molecule has 0 saturated heterocycles. The van der Waals surface area contributed by atoms with Gasteiger partial charge in [-0.3, -0.25) is 9.59 Å². The first-order valence-corrected chi connectivity index (χ1v) is 17.7. The van der Waals surface area contributed by atoms with Crippen LogP contribution in [0.4, 0.5) is 4.79 Å². The molecule has 0 bridgehead atoms. The van der Waals surface area contributed by atoms with Crippen LogP contribution in [0.3, 0.4) is 0 Å². The zero-order valence-electron chi connectivity index (χ0n) is 28.4. The molecule has 0 radical (unpaired) electrons. The molecule has 2 N–H and O–H groups in total. The Morgan fingerprint density at radius 2 is 1.22 bits per heavy atom. The van der Waals surface area contributed by atoms with E-state index in [1.54, 1.807) is 32.5 Å². The zero-order valence-corrected chi connectivity index (χ0v) is 29.3. The molecule has 0 atom stereocenters. The summed E-state index contributed by atoms with van der Waals surface area (Å²) in [6, 6.07) is 35.7. The van der Waals surface area contributed by atoms with Crippen LogP contribution in [0.5, 0.6) is 0 Å². The second-order valence-corrected chi connectivity index (χ2v) is 14.2. The van der Waals surface area contributed by atoms with E-state index < -0.39 is 22.4 Å². The number of ketones is 2. The molecule has 0 saturated carbocycles. The predicted octanol–water partition coefficient (Wildman–Crippen LogP) is 9.23. The lowest BCUT2D eigenvalue weighted by Gasteiger charge is -2.35. The van der Waals surface area contributed by atoms with Crippen LogP contribution in [0.2, 0.25) is 0 Å². The third-order valence-electron chi connectivity index (χ3n) is 8.08. The average Bonchev–Trinajstić information content (AvgIpc) is 3.09. The van der Waals surface area contributed by atoms with Crippen molar-refractivity contribution in [3.63, 3.8) is 0 Å². The summed E-state index contributed by atoms with van der Waals surface area (Å²) in [5.41, 5.74) is 3.52. The normalized spacial score (nSPS) is 11.5. The number of ether oxygens (including phenoxy) is 1. The number of carbonyl (C=O) groups is 4. The van der Waals surface area contributed by atoms with Crippen LogP contribution in [0, 0.1) is 0 Å². The number of nitrogens with one attached hydrogen (secondary N) is 1. The highest BCUT2D eigenvalue weighted by Crippen LogP contribution is 2.48. The number of alkyl carbamates (subject to hydrolysis) is 1. The number of amides is 1. The van der Waals surface area contributed by atoms with Gasteiger partial charge in [0.25, 0.3) is 0 Å². The topological polar surface area (TPSA) is 110 Å². The van der Waals surface area contributed by atoms with Gasteiger partial charge >= 0.3 is 12.1 Å². The van der Waals surface area contributed by atoms with E-state index in [-0.39, 0.29) is 30.1 Å². The molecule has 7 nitrogen and oxygen atoms in total. The lowest BCUT2D eigenvalue weighted by Crippen LogP contribution is -2.32. The molecule has 256 valence electrons. The van der Waals surface area contributed by atoms with Crippen molar-refractivity contribution in [2.45, 2.75) is 76.2 Å². The van der Waals surface area contributed by atoms with Crippen molar-refractivity contribution in [1.29, 1.82) is 0 Å². The summed E-state index contributed by atoms with van der Waals surface area (Å²) in [6.07, 6.45) is 2.56. The number of aromatic carboxylic acids is 1. The van der Waals surface area contributed by atoms with Gasteiger partial charge in [0.2, 0.25) is 0 Å². The van der Waals surface area contributed by atoms with E-state index in [1.165, 1.54) is 34.9 Å². The molecular formula is C41H45NO6S. The van der Waals surface area contributed by atoms with Crippen molar-refractivity contribution in [3.8, 4) is 0 Å². The number of benzene rings is 4. The van der Waals surface area contributed by atoms with Crippen molar-refractivity contribution in [2.75, 3.05) is 5.75 Å². The highest BCUT2D eigenvalue weighted by Gasteiger charge is 2.36. The van der Waals surface area contributed by atoms with E-state index >= 15 is 0 Å². The Kier molecular flexibility index (Phi) is 13.4. The fourth-order valence-electron chi connectivity index (χ4n) is 5.74. The summed E-state index contributed by atoms with van der Waals surface area (Å²) < 4.78 is 4.77. The molecule has 4 rings (SSSR count). The van der Waals surface area contributed by atoms with E-state index in [2.05, 4.69) is 78.1 Å². The van der Waals surface area contributed by atoms with Crippen molar-refractivity contribution >= 4 is 35.4 Å². The molecule has 4 aromatic rings. The molecule has 0 spiro atoms. The minimum atomic E-state index is -1.14. The summed E-state index contributed by atoms with van der Waals surface area (Å²) in [7, 11) is 0. The first kappa shape index (κ1) is 37.1. The van der Waals surface area contributed by atoms with Gasteiger partial charge in [0.1, 0.15) is 11.4 Å². The fraction of sp³-hybridized carbons (Fsp3) is 0.317. The third-order valence-corrected chi connectivity index (χ3v) is 9.63. The van der Waals surface area contributed by atoms with Crippen LogP contribution in [0.1, 0.15) is 102 Å². The third kappa shape index (κ3) is 10.6. The number of carbonyl (C=O) groups excluding carboxylic acids is 3. The van der Waals surface area contributed by atoms with Gasteiger partial charge in [-0.25, -0.2) is 9.59 Å². The first-order chi connectivity index (χ1) is 23.5. The Hall–Kier alpha value is -4.69. The summed E-state index contributed by atoms with van der Waals surface area (Å²) in [5, 5.41) is 12.2. The Labute approximate surface area is 293 Å². The standard InChI is InChI=1S/C41H45NO6S/c1-40(2,3)48-39(47)42-29-31-28-30(24-25-36(31)38(45)46)37(44)23-15-7-14-22-35(43)26-27-49-41(32-16-8-4-9-17-32,33-18-10-5-11-19-33)34-20-12-6-13-21-34/h4-6,8-13,16-21,24-25,28H,7,14-15,22-23,26-27,29H2,1-3H3,(H,42,47)(H,45,46). The maximum atomic E-state index is 13.0. The largest absolute Gasteiger partial charge is 0.478 e. The Bertz CT molecular complexity index is 1600. The molecule has 0 aromatic heterocycles. The second kappa shape index (κ2) is 17.6. The summed E-state index contributed by atoms with van der Waals surface area (Å²) in [6.45, 7) is 5.12. The number of hydrogen-bond acceptors (Lipinski definition) is 6. The molecule has 4 aromatic carbocycles. The summed E-state index contributed by atoms with van der Waals surface area (Å²) in [5.74, 6) is -0.396. The van der Waals surface area contributed by atoms with Gasteiger partial charge in [0.05, 0.1) is 10.3 Å². The SMILES string of the molecule is CC(C)(C)OC(=O)NCc1cc(C(=O)CCCCCC(=O)CCSC(c2ccccc2)(c2ccccc2)c2ccccc2)ccc1C(=O)O. The van der Waals surface area contributed by atoms with Gasteiger partial charge in [-0.1, -0.05) is 103 Å². The number of carboxylic acid groups (broad SMARTS) is 1. The summed E-state index contributed by atoms with van der Waals surface area (Å²) in [4.78, 5) is 49.8. The van der Waals surface area contributed by atoms with Gasteiger partial charge in [-0.15, -0.1) is 11.8 Å². The first-order valence-electron chi connectivity index (χ1n) is 16.7. The molecule has 49 heavy (non-hydrogen) atoms. The molecule has 0 unspecified atom stereocenters. The minimum Gasteiger partial charge on any atom is -0.478 e. The number of carboxylic acids is 1. The van der Waals surface area contributed by atoms with Crippen molar-refractivity contribution in [1.82, 2.24) is 5.32 Å². The number of hydrogen-bond donors (Lipinski definition) is 2. The highest BCUT2D eigenvalue weighted by molar-refractivity contribution is 8.00. The quantitative estimate of drug-likeness (QED) is 0.0650. The van der Waals surface area contributed by atoms with Crippen LogP contribution in [0.15, 0.2) is 109 Å².